The maximum Gasteiger partial charge on any atom is 0.303 e. The zero-order valence-electron chi connectivity index (χ0n) is 25.1. The summed E-state index contributed by atoms with van der Waals surface area (Å²) in [6, 6.07) is 0. The van der Waals surface area contributed by atoms with Crippen molar-refractivity contribution in [3.05, 3.63) is 60.8 Å². The van der Waals surface area contributed by atoms with Crippen LogP contribution in [0.2, 0.25) is 0 Å². The summed E-state index contributed by atoms with van der Waals surface area (Å²) in [6.45, 7) is 2.25. The van der Waals surface area contributed by atoms with Crippen molar-refractivity contribution in [2.75, 3.05) is 0 Å². The normalized spacial score (nSPS) is 12.4. The van der Waals surface area contributed by atoms with Crippen molar-refractivity contribution in [3.8, 4) is 0 Å². The highest BCUT2D eigenvalue weighted by atomic mass is 16.4. The van der Waals surface area contributed by atoms with E-state index in [2.05, 4.69) is 67.7 Å². The minimum atomic E-state index is -0.657. The van der Waals surface area contributed by atoms with Crippen molar-refractivity contribution in [2.45, 2.75) is 161 Å². The van der Waals surface area contributed by atoms with Crippen LogP contribution in [-0.4, -0.2) is 11.1 Å². The molecule has 0 aliphatic heterocycles. The van der Waals surface area contributed by atoms with E-state index in [-0.39, 0.29) is 0 Å². The summed E-state index contributed by atoms with van der Waals surface area (Å²) in [5.74, 6) is -0.657. The number of carbonyl (C=O) groups is 1. The first-order valence-corrected chi connectivity index (χ1v) is 16.2. The van der Waals surface area contributed by atoms with Gasteiger partial charge in [0, 0.05) is 6.42 Å². The molecule has 1 N–H and O–H groups in total. The van der Waals surface area contributed by atoms with Gasteiger partial charge >= 0.3 is 5.97 Å². The zero-order chi connectivity index (χ0) is 27.6. The van der Waals surface area contributed by atoms with Crippen molar-refractivity contribution in [3.63, 3.8) is 0 Å². The predicted molar refractivity (Wildman–Crippen MR) is 170 cm³/mol. The number of rotatable bonds is 29. The van der Waals surface area contributed by atoms with Gasteiger partial charge in [0.15, 0.2) is 0 Å². The molecule has 38 heavy (non-hydrogen) atoms. The Morgan fingerprint density at radius 2 is 0.711 bits per heavy atom. The van der Waals surface area contributed by atoms with Crippen LogP contribution < -0.4 is 0 Å². The summed E-state index contributed by atoms with van der Waals surface area (Å²) >= 11 is 0. The van der Waals surface area contributed by atoms with Gasteiger partial charge in [-0.1, -0.05) is 158 Å². The fourth-order valence-corrected chi connectivity index (χ4v) is 4.49. The number of hydrogen-bond donors (Lipinski definition) is 1. The Morgan fingerprint density at radius 1 is 0.421 bits per heavy atom. The number of carboxylic acid groups (broad SMARTS) is 1. The van der Waals surface area contributed by atoms with E-state index in [1.54, 1.807) is 0 Å². The lowest BCUT2D eigenvalue weighted by atomic mass is 10.0. The third-order valence-corrected chi connectivity index (χ3v) is 6.91. The Hall–Kier alpha value is -1.83. The Kier molecular flexibility index (Phi) is 31.6. The molecular weight excluding hydrogens is 464 g/mol. The van der Waals surface area contributed by atoms with E-state index in [9.17, 15) is 4.79 Å². The maximum absolute atomic E-state index is 10.5. The van der Waals surface area contributed by atoms with Gasteiger partial charge in [0.1, 0.15) is 0 Å². The average molecular weight is 527 g/mol. The molecule has 0 spiro atoms. The number of unbranched alkanes of at least 4 members (excludes halogenated alkanes) is 17. The first-order chi connectivity index (χ1) is 18.8. The van der Waals surface area contributed by atoms with E-state index in [4.69, 9.17) is 5.11 Å². The van der Waals surface area contributed by atoms with E-state index in [1.165, 1.54) is 109 Å². The van der Waals surface area contributed by atoms with E-state index < -0.39 is 5.97 Å². The number of hydrogen-bond acceptors (Lipinski definition) is 1. The smallest absolute Gasteiger partial charge is 0.303 e. The summed E-state index contributed by atoms with van der Waals surface area (Å²) in [7, 11) is 0. The first kappa shape index (κ1) is 36.2. The SMILES string of the molecule is CCCCCC=CCC=CCC=CCC=CCC=CCCCCCCCCCCCCCCCCC(=O)O. The Labute approximate surface area is 237 Å². The molecule has 0 aliphatic carbocycles. The molecule has 0 fully saturated rings. The lowest BCUT2D eigenvalue weighted by Gasteiger charge is -2.03. The molecule has 218 valence electrons. The van der Waals surface area contributed by atoms with Crippen LogP contribution in [0, 0.1) is 0 Å². The van der Waals surface area contributed by atoms with Gasteiger partial charge in [-0.2, -0.15) is 0 Å². The molecule has 0 aromatic rings. The molecule has 0 atom stereocenters. The van der Waals surface area contributed by atoms with Crippen molar-refractivity contribution in [2.24, 2.45) is 0 Å². The van der Waals surface area contributed by atoms with Crippen LogP contribution in [0.1, 0.15) is 161 Å². The molecule has 2 heteroatoms. The average Bonchev–Trinajstić information content (AvgIpc) is 2.91. The summed E-state index contributed by atoms with van der Waals surface area (Å²) in [4.78, 5) is 10.5. The molecule has 0 aromatic heterocycles. The minimum Gasteiger partial charge on any atom is -0.481 e. The van der Waals surface area contributed by atoms with Gasteiger partial charge in [0.25, 0.3) is 0 Å². The fraction of sp³-hybridized carbons (Fsp3) is 0.694. The predicted octanol–water partition coefficient (Wildman–Crippen LogP) is 12.2. The molecule has 0 heterocycles. The number of aliphatic carboxylic acids is 1. The highest BCUT2D eigenvalue weighted by Crippen LogP contribution is 2.14. The quantitative estimate of drug-likeness (QED) is 0.0777. The molecule has 0 aliphatic rings. The molecule has 0 amide bonds. The molecule has 0 rings (SSSR count). The minimum absolute atomic E-state index is 0.337. The second kappa shape index (κ2) is 33.2. The highest BCUT2D eigenvalue weighted by Gasteiger charge is 1.97. The molecule has 0 aromatic carbocycles. The second-order valence-electron chi connectivity index (χ2n) is 10.7. The van der Waals surface area contributed by atoms with Gasteiger partial charge in [-0.3, -0.25) is 4.79 Å². The first-order valence-electron chi connectivity index (χ1n) is 16.2. The Bertz CT molecular complexity index is 623. The summed E-state index contributed by atoms with van der Waals surface area (Å²) in [6.07, 6.45) is 52.0. The monoisotopic (exact) mass is 526 g/mol. The van der Waals surface area contributed by atoms with E-state index >= 15 is 0 Å². The van der Waals surface area contributed by atoms with Gasteiger partial charge in [-0.05, 0) is 57.8 Å². The van der Waals surface area contributed by atoms with Crippen LogP contribution in [0.3, 0.4) is 0 Å². The number of carboxylic acids is 1. The second-order valence-corrected chi connectivity index (χ2v) is 10.7. The van der Waals surface area contributed by atoms with Crippen molar-refractivity contribution in [1.29, 1.82) is 0 Å². The van der Waals surface area contributed by atoms with Crippen LogP contribution in [0.4, 0.5) is 0 Å². The molecule has 0 saturated heterocycles. The van der Waals surface area contributed by atoms with Crippen LogP contribution in [0.25, 0.3) is 0 Å². The summed E-state index contributed by atoms with van der Waals surface area (Å²) in [5, 5.41) is 8.62. The van der Waals surface area contributed by atoms with Crippen LogP contribution >= 0.6 is 0 Å². The molecule has 2 nitrogen and oxygen atoms in total. The van der Waals surface area contributed by atoms with Crippen molar-refractivity contribution in [1.82, 2.24) is 0 Å². The van der Waals surface area contributed by atoms with Crippen molar-refractivity contribution >= 4 is 5.97 Å². The lowest BCUT2D eigenvalue weighted by Crippen LogP contribution is -1.93. The van der Waals surface area contributed by atoms with Crippen LogP contribution in [0.15, 0.2) is 60.8 Å². The standard InChI is InChI=1S/C36H62O2/c1-2-3-4-5-6-7-8-9-10-11-12-13-14-15-16-17-18-19-20-21-22-23-24-25-26-27-28-29-30-31-32-33-34-35-36(37)38/h6-7,9-10,12-13,15-16,18-19H,2-5,8,11,14,17,20-35H2,1H3,(H,37,38). The van der Waals surface area contributed by atoms with Gasteiger partial charge in [0.2, 0.25) is 0 Å². The third kappa shape index (κ3) is 34.2. The van der Waals surface area contributed by atoms with Crippen molar-refractivity contribution < 1.29 is 9.90 Å². The molecule has 0 unspecified atom stereocenters. The summed E-state index contributed by atoms with van der Waals surface area (Å²) in [5.41, 5.74) is 0. The summed E-state index contributed by atoms with van der Waals surface area (Å²) < 4.78 is 0. The largest absolute Gasteiger partial charge is 0.481 e. The van der Waals surface area contributed by atoms with E-state index in [0.717, 1.165) is 38.5 Å². The molecular formula is C36H62O2. The van der Waals surface area contributed by atoms with Gasteiger partial charge in [-0.15, -0.1) is 0 Å². The zero-order valence-corrected chi connectivity index (χ0v) is 25.1. The van der Waals surface area contributed by atoms with E-state index in [0.29, 0.717) is 6.42 Å². The van der Waals surface area contributed by atoms with Gasteiger partial charge < -0.3 is 5.11 Å². The highest BCUT2D eigenvalue weighted by molar-refractivity contribution is 5.66. The Balaban J connectivity index is 3.29. The lowest BCUT2D eigenvalue weighted by molar-refractivity contribution is -0.137. The topological polar surface area (TPSA) is 37.3 Å². The molecule has 0 bridgehead atoms. The van der Waals surface area contributed by atoms with Crippen LogP contribution in [0.5, 0.6) is 0 Å². The van der Waals surface area contributed by atoms with Gasteiger partial charge in [-0.25, -0.2) is 0 Å². The maximum atomic E-state index is 10.5. The van der Waals surface area contributed by atoms with Crippen LogP contribution in [-0.2, 0) is 4.79 Å². The van der Waals surface area contributed by atoms with E-state index in [1.807, 2.05) is 0 Å². The van der Waals surface area contributed by atoms with Gasteiger partial charge in [0.05, 0.1) is 0 Å². The Morgan fingerprint density at radius 3 is 1.05 bits per heavy atom. The third-order valence-electron chi connectivity index (χ3n) is 6.91. The fourth-order valence-electron chi connectivity index (χ4n) is 4.49. The molecule has 0 saturated carbocycles. The number of allylic oxidation sites excluding steroid dienone is 10. The molecule has 0 radical (unpaired) electrons.